The van der Waals surface area contributed by atoms with E-state index in [2.05, 4.69) is 13.8 Å². The fourth-order valence-corrected chi connectivity index (χ4v) is 2.20. The molecule has 0 saturated carbocycles. The highest BCUT2D eigenvalue weighted by Gasteiger charge is 2.12. The van der Waals surface area contributed by atoms with E-state index in [1.807, 2.05) is 19.9 Å². The first kappa shape index (κ1) is 15.9. The smallest absolute Gasteiger partial charge is 0.172 e. The SMILES string of the molecule is CCOc1ccc(C(=O)CSC(C)C)cc1OCC. The van der Waals surface area contributed by atoms with Gasteiger partial charge in [0.1, 0.15) is 0 Å². The van der Waals surface area contributed by atoms with Crippen LogP contribution in [0.15, 0.2) is 18.2 Å². The van der Waals surface area contributed by atoms with Crippen LogP contribution in [0, 0.1) is 0 Å². The molecule has 1 rings (SSSR count). The summed E-state index contributed by atoms with van der Waals surface area (Å²) in [4.78, 5) is 12.1. The van der Waals surface area contributed by atoms with Gasteiger partial charge in [0, 0.05) is 5.56 Å². The summed E-state index contributed by atoms with van der Waals surface area (Å²) in [6.07, 6.45) is 0. The van der Waals surface area contributed by atoms with Gasteiger partial charge >= 0.3 is 0 Å². The molecule has 0 aliphatic rings. The molecule has 0 heterocycles. The second-order valence-corrected chi connectivity index (χ2v) is 5.88. The van der Waals surface area contributed by atoms with E-state index in [1.165, 1.54) is 0 Å². The van der Waals surface area contributed by atoms with Crippen molar-refractivity contribution in [2.45, 2.75) is 32.9 Å². The van der Waals surface area contributed by atoms with Crippen LogP contribution in [0.3, 0.4) is 0 Å². The maximum absolute atomic E-state index is 12.1. The number of Topliss-reactive ketones (excluding diaryl/α,β-unsaturated/α-hetero) is 1. The number of ketones is 1. The van der Waals surface area contributed by atoms with Gasteiger partial charge in [-0.3, -0.25) is 4.79 Å². The number of hydrogen-bond acceptors (Lipinski definition) is 4. The van der Waals surface area contributed by atoms with Crippen molar-refractivity contribution in [2.24, 2.45) is 0 Å². The van der Waals surface area contributed by atoms with Crippen molar-refractivity contribution >= 4 is 17.5 Å². The number of carbonyl (C=O) groups is 1. The van der Waals surface area contributed by atoms with E-state index < -0.39 is 0 Å². The minimum absolute atomic E-state index is 0.128. The number of benzene rings is 1. The third kappa shape index (κ3) is 5.15. The van der Waals surface area contributed by atoms with E-state index >= 15 is 0 Å². The summed E-state index contributed by atoms with van der Waals surface area (Å²) in [5.74, 6) is 1.96. The number of rotatable bonds is 8. The minimum atomic E-state index is 0.128. The zero-order valence-electron chi connectivity index (χ0n) is 12.1. The molecule has 0 amide bonds. The van der Waals surface area contributed by atoms with Gasteiger partial charge in [0.2, 0.25) is 0 Å². The van der Waals surface area contributed by atoms with E-state index in [0.29, 0.717) is 41.3 Å². The Bertz CT molecular complexity index is 416. The quantitative estimate of drug-likeness (QED) is 0.679. The molecule has 0 fully saturated rings. The summed E-state index contributed by atoms with van der Waals surface area (Å²) in [5, 5.41) is 0.456. The van der Waals surface area contributed by atoms with Crippen LogP contribution in [0.5, 0.6) is 11.5 Å². The molecule has 3 nitrogen and oxygen atoms in total. The molecule has 0 bridgehead atoms. The Hall–Kier alpha value is -1.16. The Morgan fingerprint density at radius 2 is 1.79 bits per heavy atom. The Balaban J connectivity index is 2.84. The third-order valence-corrected chi connectivity index (χ3v) is 3.51. The summed E-state index contributed by atoms with van der Waals surface area (Å²) in [6, 6.07) is 5.39. The summed E-state index contributed by atoms with van der Waals surface area (Å²) < 4.78 is 11.0. The molecular weight excluding hydrogens is 260 g/mol. The average molecular weight is 282 g/mol. The number of carbonyl (C=O) groups excluding carboxylic acids is 1. The normalized spacial score (nSPS) is 10.6. The molecule has 0 atom stereocenters. The lowest BCUT2D eigenvalue weighted by Crippen LogP contribution is -2.06. The Kier molecular flexibility index (Phi) is 6.78. The van der Waals surface area contributed by atoms with Crippen molar-refractivity contribution in [3.05, 3.63) is 23.8 Å². The van der Waals surface area contributed by atoms with Crippen LogP contribution in [0.25, 0.3) is 0 Å². The Labute approximate surface area is 119 Å². The van der Waals surface area contributed by atoms with Crippen molar-refractivity contribution in [1.29, 1.82) is 0 Å². The van der Waals surface area contributed by atoms with Crippen molar-refractivity contribution in [3.63, 3.8) is 0 Å². The lowest BCUT2D eigenvalue weighted by molar-refractivity contribution is 0.102. The third-order valence-electron chi connectivity index (χ3n) is 2.41. The molecule has 0 saturated heterocycles. The average Bonchev–Trinajstić information content (AvgIpc) is 2.38. The molecule has 1 aromatic carbocycles. The van der Waals surface area contributed by atoms with E-state index in [0.717, 1.165) is 0 Å². The number of ether oxygens (including phenoxy) is 2. The molecule has 0 aliphatic heterocycles. The highest BCUT2D eigenvalue weighted by atomic mass is 32.2. The molecule has 0 N–H and O–H groups in total. The predicted molar refractivity (Wildman–Crippen MR) is 80.7 cm³/mol. The van der Waals surface area contributed by atoms with Crippen LogP contribution in [-0.4, -0.2) is 30.0 Å². The van der Waals surface area contributed by atoms with Crippen LogP contribution in [0.4, 0.5) is 0 Å². The van der Waals surface area contributed by atoms with Crippen molar-refractivity contribution in [3.8, 4) is 11.5 Å². The predicted octanol–water partition coefficient (Wildman–Crippen LogP) is 3.81. The molecule has 106 valence electrons. The molecule has 0 spiro atoms. The van der Waals surface area contributed by atoms with E-state index in [4.69, 9.17) is 9.47 Å². The standard InChI is InChI=1S/C15H22O3S/c1-5-17-14-8-7-12(9-15(14)18-6-2)13(16)10-19-11(3)4/h7-9,11H,5-6,10H2,1-4H3. The molecule has 0 aromatic heterocycles. The van der Waals surface area contributed by atoms with Gasteiger partial charge in [-0.15, -0.1) is 0 Å². The number of thioether (sulfide) groups is 1. The minimum Gasteiger partial charge on any atom is -0.490 e. The van der Waals surface area contributed by atoms with Crippen LogP contribution in [-0.2, 0) is 0 Å². The van der Waals surface area contributed by atoms with Crippen molar-refractivity contribution in [1.82, 2.24) is 0 Å². The van der Waals surface area contributed by atoms with Crippen LogP contribution in [0.1, 0.15) is 38.1 Å². The van der Waals surface area contributed by atoms with Gasteiger partial charge in [-0.25, -0.2) is 0 Å². The van der Waals surface area contributed by atoms with Gasteiger partial charge in [-0.1, -0.05) is 13.8 Å². The molecule has 4 heteroatoms. The fraction of sp³-hybridized carbons (Fsp3) is 0.533. The first-order chi connectivity index (χ1) is 9.08. The van der Waals surface area contributed by atoms with E-state index in [9.17, 15) is 4.79 Å². The Morgan fingerprint density at radius 1 is 1.16 bits per heavy atom. The topological polar surface area (TPSA) is 35.5 Å². The van der Waals surface area contributed by atoms with Gasteiger partial charge in [0.15, 0.2) is 17.3 Å². The van der Waals surface area contributed by atoms with Crippen molar-refractivity contribution in [2.75, 3.05) is 19.0 Å². The lowest BCUT2D eigenvalue weighted by atomic mass is 10.1. The summed E-state index contributed by atoms with van der Waals surface area (Å²) in [6.45, 7) is 9.14. The number of hydrogen-bond donors (Lipinski definition) is 0. The van der Waals surface area contributed by atoms with Gasteiger partial charge in [-0.2, -0.15) is 11.8 Å². The summed E-state index contributed by atoms with van der Waals surface area (Å²) in [5.41, 5.74) is 0.681. The van der Waals surface area contributed by atoms with Crippen molar-refractivity contribution < 1.29 is 14.3 Å². The molecule has 1 aromatic rings. The zero-order chi connectivity index (χ0) is 14.3. The molecular formula is C15H22O3S. The second-order valence-electron chi connectivity index (χ2n) is 4.31. The maximum atomic E-state index is 12.1. The molecule has 0 radical (unpaired) electrons. The van der Waals surface area contributed by atoms with Crippen LogP contribution in [0.2, 0.25) is 0 Å². The fourth-order valence-electron chi connectivity index (χ4n) is 1.55. The van der Waals surface area contributed by atoms with Gasteiger partial charge < -0.3 is 9.47 Å². The molecule has 19 heavy (non-hydrogen) atoms. The first-order valence-corrected chi connectivity index (χ1v) is 7.67. The first-order valence-electron chi connectivity index (χ1n) is 6.62. The lowest BCUT2D eigenvalue weighted by Gasteiger charge is -2.12. The van der Waals surface area contributed by atoms with Crippen LogP contribution >= 0.6 is 11.8 Å². The second kappa shape index (κ2) is 8.10. The van der Waals surface area contributed by atoms with Gasteiger partial charge in [0.05, 0.1) is 19.0 Å². The summed E-state index contributed by atoms with van der Waals surface area (Å²) in [7, 11) is 0. The monoisotopic (exact) mass is 282 g/mol. The van der Waals surface area contributed by atoms with E-state index in [-0.39, 0.29) is 5.78 Å². The Morgan fingerprint density at radius 3 is 2.37 bits per heavy atom. The largest absolute Gasteiger partial charge is 0.490 e. The van der Waals surface area contributed by atoms with Gasteiger partial charge in [-0.05, 0) is 37.3 Å². The highest BCUT2D eigenvalue weighted by molar-refractivity contribution is 8.00. The van der Waals surface area contributed by atoms with Crippen LogP contribution < -0.4 is 9.47 Å². The molecule has 0 unspecified atom stereocenters. The van der Waals surface area contributed by atoms with E-state index in [1.54, 1.807) is 23.9 Å². The maximum Gasteiger partial charge on any atom is 0.172 e. The zero-order valence-corrected chi connectivity index (χ0v) is 12.9. The molecule has 0 aliphatic carbocycles. The highest BCUT2D eigenvalue weighted by Crippen LogP contribution is 2.29. The van der Waals surface area contributed by atoms with Gasteiger partial charge in [0.25, 0.3) is 0 Å². The summed E-state index contributed by atoms with van der Waals surface area (Å²) >= 11 is 1.65.